The minimum atomic E-state index is -0.771. The highest BCUT2D eigenvalue weighted by atomic mass is 16.3. The van der Waals surface area contributed by atoms with Gasteiger partial charge in [0.25, 0.3) is 0 Å². The van der Waals surface area contributed by atoms with E-state index in [1.807, 2.05) is 5.32 Å². The van der Waals surface area contributed by atoms with Gasteiger partial charge in [-0.25, -0.2) is 4.79 Å². The highest BCUT2D eigenvalue weighted by Crippen LogP contribution is 1.87. The molecule has 6 nitrogen and oxygen atoms in total. The Hall–Kier alpha value is -0.850. The minimum Gasteiger partial charge on any atom is -0.376 e. The van der Waals surface area contributed by atoms with Gasteiger partial charge in [-0.05, 0) is 0 Å². The van der Waals surface area contributed by atoms with Crippen LogP contribution in [0.4, 0.5) is 4.79 Å². The van der Waals surface area contributed by atoms with Crippen LogP contribution in [0.5, 0.6) is 0 Å². The molecular formula is C4H9N2O4. The van der Waals surface area contributed by atoms with Gasteiger partial charge in [-0.15, -0.1) is 0 Å². The van der Waals surface area contributed by atoms with Gasteiger partial charge in [-0.2, -0.15) is 0 Å². The van der Waals surface area contributed by atoms with Gasteiger partial charge in [0.2, 0.25) is 0 Å². The first-order valence-electron chi connectivity index (χ1n) is 2.50. The van der Waals surface area contributed by atoms with Gasteiger partial charge in [0, 0.05) is 0 Å². The standard InChI is InChI=1S/C4H9N2O4/c7-1-5-4(10)6(2-8)3-9/h2,7-9H,1,3H2,(H,5,10). The lowest BCUT2D eigenvalue weighted by molar-refractivity contribution is 0.0954. The number of amides is 2. The molecule has 10 heavy (non-hydrogen) atoms. The van der Waals surface area contributed by atoms with Crippen molar-refractivity contribution in [1.29, 1.82) is 0 Å². The molecule has 0 bridgehead atoms. The van der Waals surface area contributed by atoms with Crippen molar-refractivity contribution in [2.45, 2.75) is 0 Å². The Morgan fingerprint density at radius 2 is 2.20 bits per heavy atom. The molecule has 0 aliphatic heterocycles. The van der Waals surface area contributed by atoms with Crippen molar-refractivity contribution in [3.05, 3.63) is 6.73 Å². The van der Waals surface area contributed by atoms with E-state index < -0.39 is 19.5 Å². The first kappa shape index (κ1) is 9.15. The average Bonchev–Trinajstić information content (AvgIpc) is 1.91. The number of nitrogens with one attached hydrogen (secondary N) is 1. The fraction of sp³-hybridized carbons (Fsp3) is 0.500. The number of aliphatic hydroxyl groups is 3. The summed E-state index contributed by atoms with van der Waals surface area (Å²) in [6.45, 7) is -0.767. The van der Waals surface area contributed by atoms with E-state index in [9.17, 15) is 4.79 Å². The lowest BCUT2D eigenvalue weighted by Gasteiger charge is -2.14. The molecule has 2 amide bonds. The van der Waals surface area contributed by atoms with E-state index in [-0.39, 0.29) is 0 Å². The number of carbonyl (C=O) groups excluding carboxylic acids is 1. The van der Waals surface area contributed by atoms with Gasteiger partial charge in [0.1, 0.15) is 13.5 Å². The van der Waals surface area contributed by atoms with Gasteiger partial charge in [0.15, 0.2) is 6.73 Å². The Bertz CT molecular complexity index is 103. The SMILES string of the molecule is O=C(NCO)N([CH]O)CO. The van der Waals surface area contributed by atoms with Crippen molar-refractivity contribution in [2.75, 3.05) is 13.5 Å². The zero-order chi connectivity index (χ0) is 7.98. The summed E-state index contributed by atoms with van der Waals surface area (Å²) in [6.07, 6.45) is 0. The molecule has 0 saturated heterocycles. The molecule has 1 radical (unpaired) electrons. The number of urea groups is 1. The molecular weight excluding hydrogens is 140 g/mol. The molecule has 0 aromatic rings. The van der Waals surface area contributed by atoms with Crippen LogP contribution in [0.15, 0.2) is 0 Å². The summed E-state index contributed by atoms with van der Waals surface area (Å²) < 4.78 is 0. The summed E-state index contributed by atoms with van der Waals surface area (Å²) in [4.78, 5) is 11.1. The lowest BCUT2D eigenvalue weighted by atomic mass is 10.8. The minimum absolute atomic E-state index is 0.408. The number of aliphatic hydroxyl groups excluding tert-OH is 3. The number of rotatable bonds is 3. The largest absolute Gasteiger partial charge is 0.376 e. The van der Waals surface area contributed by atoms with Crippen LogP contribution in [0.2, 0.25) is 0 Å². The van der Waals surface area contributed by atoms with Crippen LogP contribution in [-0.4, -0.2) is 39.7 Å². The Balaban J connectivity index is 3.65. The monoisotopic (exact) mass is 149 g/mol. The van der Waals surface area contributed by atoms with Crippen LogP contribution in [-0.2, 0) is 0 Å². The highest BCUT2D eigenvalue weighted by Gasteiger charge is 2.08. The van der Waals surface area contributed by atoms with Gasteiger partial charge in [0.05, 0.1) is 0 Å². The summed E-state index contributed by atoms with van der Waals surface area (Å²) >= 11 is 0. The van der Waals surface area contributed by atoms with E-state index in [0.717, 1.165) is 0 Å². The van der Waals surface area contributed by atoms with E-state index in [2.05, 4.69) is 0 Å². The first-order chi connectivity index (χ1) is 4.76. The number of carbonyl (C=O) groups is 1. The molecule has 0 fully saturated rings. The third kappa shape index (κ3) is 2.62. The smallest absolute Gasteiger partial charge is 0.323 e. The maximum absolute atomic E-state index is 10.5. The maximum atomic E-state index is 10.5. The van der Waals surface area contributed by atoms with Crippen molar-refractivity contribution in [2.24, 2.45) is 0 Å². The molecule has 0 aromatic heterocycles. The second-order valence-electron chi connectivity index (χ2n) is 1.37. The van der Waals surface area contributed by atoms with Crippen molar-refractivity contribution in [1.82, 2.24) is 10.2 Å². The molecule has 6 heteroatoms. The molecule has 4 N–H and O–H groups in total. The molecule has 59 valence electrons. The van der Waals surface area contributed by atoms with Crippen LogP contribution >= 0.6 is 0 Å². The Morgan fingerprint density at radius 3 is 2.50 bits per heavy atom. The molecule has 0 aromatic carbocycles. The summed E-state index contributed by atoms with van der Waals surface area (Å²) in [7, 11) is 0. The summed E-state index contributed by atoms with van der Waals surface area (Å²) in [5.74, 6) is 0. The second kappa shape index (κ2) is 4.98. The Labute approximate surface area is 57.7 Å². The maximum Gasteiger partial charge on any atom is 0.323 e. The van der Waals surface area contributed by atoms with Crippen LogP contribution in [0.25, 0.3) is 0 Å². The predicted octanol–water partition coefficient (Wildman–Crippen LogP) is -1.61. The van der Waals surface area contributed by atoms with Crippen molar-refractivity contribution in [3.8, 4) is 0 Å². The van der Waals surface area contributed by atoms with Crippen molar-refractivity contribution >= 4 is 6.03 Å². The summed E-state index contributed by atoms with van der Waals surface area (Å²) in [5.41, 5.74) is 0. The van der Waals surface area contributed by atoms with Crippen molar-refractivity contribution in [3.63, 3.8) is 0 Å². The predicted molar refractivity (Wildman–Crippen MR) is 30.8 cm³/mol. The second-order valence-corrected chi connectivity index (χ2v) is 1.37. The van der Waals surface area contributed by atoms with Crippen LogP contribution < -0.4 is 5.32 Å². The molecule has 0 aliphatic rings. The van der Waals surface area contributed by atoms with Gasteiger partial charge >= 0.3 is 6.03 Å². The molecule has 0 rings (SSSR count). The van der Waals surface area contributed by atoms with E-state index >= 15 is 0 Å². The fourth-order valence-corrected chi connectivity index (χ4v) is 0.322. The summed E-state index contributed by atoms with van der Waals surface area (Å²) in [5, 5.41) is 26.6. The normalized spacial score (nSPS) is 9.10. The molecule has 0 aliphatic carbocycles. The highest BCUT2D eigenvalue weighted by molar-refractivity contribution is 5.74. The van der Waals surface area contributed by atoms with Gasteiger partial charge in [-0.3, -0.25) is 4.90 Å². The quantitative estimate of drug-likeness (QED) is 0.363. The van der Waals surface area contributed by atoms with E-state index in [1.165, 1.54) is 0 Å². The van der Waals surface area contributed by atoms with Gasteiger partial charge < -0.3 is 20.6 Å². The Kier molecular flexibility index (Phi) is 4.55. The fourth-order valence-electron chi connectivity index (χ4n) is 0.322. The molecule has 0 atom stereocenters. The first-order valence-corrected chi connectivity index (χ1v) is 2.50. The van der Waals surface area contributed by atoms with E-state index in [1.54, 1.807) is 0 Å². The topological polar surface area (TPSA) is 93.0 Å². The lowest BCUT2D eigenvalue weighted by Crippen LogP contribution is -2.39. The molecule has 0 unspecified atom stereocenters. The van der Waals surface area contributed by atoms with Crippen LogP contribution in [0.1, 0.15) is 0 Å². The number of nitrogens with zero attached hydrogens (tertiary/aromatic N) is 1. The third-order valence-electron chi connectivity index (χ3n) is 0.783. The van der Waals surface area contributed by atoms with E-state index in [0.29, 0.717) is 11.6 Å². The molecule has 0 heterocycles. The zero-order valence-corrected chi connectivity index (χ0v) is 5.19. The third-order valence-corrected chi connectivity index (χ3v) is 0.783. The number of hydrogen-bond donors (Lipinski definition) is 4. The molecule has 0 saturated carbocycles. The van der Waals surface area contributed by atoms with Crippen LogP contribution in [0, 0.1) is 6.73 Å². The van der Waals surface area contributed by atoms with E-state index in [4.69, 9.17) is 15.3 Å². The van der Waals surface area contributed by atoms with Gasteiger partial charge in [-0.1, -0.05) is 0 Å². The Morgan fingerprint density at radius 1 is 1.60 bits per heavy atom. The zero-order valence-electron chi connectivity index (χ0n) is 5.19. The summed E-state index contributed by atoms with van der Waals surface area (Å²) in [6, 6.07) is -0.771. The van der Waals surface area contributed by atoms with Crippen LogP contribution in [0.3, 0.4) is 0 Å². The van der Waals surface area contributed by atoms with Crippen molar-refractivity contribution < 1.29 is 20.1 Å². The number of hydrogen-bond acceptors (Lipinski definition) is 4. The molecule has 0 spiro atoms. The average molecular weight is 149 g/mol.